The molecule has 1 aliphatic rings. The molecule has 0 aliphatic carbocycles. The molecule has 0 fully saturated rings. The fourth-order valence-electron chi connectivity index (χ4n) is 5.39. The molecule has 1 aromatic carbocycles. The molecule has 0 spiro atoms. The molecule has 0 radical (unpaired) electrons. The maximum atomic E-state index is 14.1. The second kappa shape index (κ2) is 10.6. The second-order valence-corrected chi connectivity index (χ2v) is 10.4. The number of hydrogen-bond donors (Lipinski definition) is 0. The third kappa shape index (κ3) is 5.77. The molecule has 0 N–H and O–H groups in total. The van der Waals surface area contributed by atoms with Crippen LogP contribution in [0.4, 0.5) is 13.2 Å². The lowest BCUT2D eigenvalue weighted by atomic mass is 9.90. The van der Waals surface area contributed by atoms with E-state index < -0.39 is 11.9 Å². The van der Waals surface area contributed by atoms with Gasteiger partial charge in [0.1, 0.15) is 5.82 Å². The highest BCUT2D eigenvalue weighted by molar-refractivity contribution is 5.72. The van der Waals surface area contributed by atoms with Gasteiger partial charge in [0.25, 0.3) is 0 Å². The average molecular weight is 539 g/mol. The van der Waals surface area contributed by atoms with Crippen LogP contribution in [0.15, 0.2) is 42.9 Å². The van der Waals surface area contributed by atoms with Gasteiger partial charge in [0.05, 0.1) is 25.1 Å². The summed E-state index contributed by atoms with van der Waals surface area (Å²) >= 11 is 0. The number of alkyl halides is 3. The predicted molar refractivity (Wildman–Crippen MR) is 142 cm³/mol. The third-order valence-corrected chi connectivity index (χ3v) is 7.32. The van der Waals surface area contributed by atoms with Crippen molar-refractivity contribution in [2.45, 2.75) is 59.5 Å². The number of ether oxygens (including phenoxy) is 1. The highest BCUT2D eigenvalue weighted by atomic mass is 19.4. The molecule has 3 aromatic heterocycles. The van der Waals surface area contributed by atoms with Crippen molar-refractivity contribution in [1.82, 2.24) is 29.2 Å². The number of nitrogens with zero attached hydrogens (tertiary/aromatic N) is 6. The molecule has 0 amide bonds. The molecule has 0 bridgehead atoms. The third-order valence-electron chi connectivity index (χ3n) is 7.32. The SMILES string of the molecule is Cc1cc(C)nc([C@@H](C)N2CCc3c(cc(Cn4ccnc4C)cc3-c3cn(C)nc3C(F)(F)F)COC2)c1. The van der Waals surface area contributed by atoms with Gasteiger partial charge < -0.3 is 9.30 Å². The monoisotopic (exact) mass is 538 g/mol. The summed E-state index contributed by atoms with van der Waals surface area (Å²) in [6, 6.07) is 8.02. The first-order chi connectivity index (χ1) is 18.5. The molecule has 5 rings (SSSR count). The van der Waals surface area contributed by atoms with Gasteiger partial charge in [-0.3, -0.25) is 14.6 Å². The Morgan fingerprint density at radius 1 is 1.08 bits per heavy atom. The van der Waals surface area contributed by atoms with Crippen LogP contribution in [0.5, 0.6) is 0 Å². The Morgan fingerprint density at radius 3 is 2.56 bits per heavy atom. The lowest BCUT2D eigenvalue weighted by Crippen LogP contribution is -2.34. The van der Waals surface area contributed by atoms with Gasteiger partial charge in [-0.1, -0.05) is 6.07 Å². The fourth-order valence-corrected chi connectivity index (χ4v) is 5.39. The molecule has 1 aliphatic heterocycles. The molecule has 4 heterocycles. The Morgan fingerprint density at radius 2 is 1.87 bits per heavy atom. The van der Waals surface area contributed by atoms with Crippen LogP contribution in [-0.4, -0.2) is 42.5 Å². The average Bonchev–Trinajstić information content (AvgIpc) is 3.43. The molecule has 0 unspecified atom stereocenters. The van der Waals surface area contributed by atoms with Gasteiger partial charge in [-0.15, -0.1) is 0 Å². The van der Waals surface area contributed by atoms with E-state index in [1.54, 1.807) is 6.20 Å². The van der Waals surface area contributed by atoms with Crippen molar-refractivity contribution in [3.63, 3.8) is 0 Å². The fraction of sp³-hybridized carbons (Fsp3) is 0.414. The molecule has 1 atom stereocenters. The summed E-state index contributed by atoms with van der Waals surface area (Å²) in [6.07, 6.45) is 1.04. The summed E-state index contributed by atoms with van der Waals surface area (Å²) in [6.45, 7) is 9.82. The first-order valence-electron chi connectivity index (χ1n) is 13.0. The number of imidazole rings is 1. The standard InChI is InChI=1S/C29H33F3N6O/c1-18-10-19(2)34-27(11-18)20(3)38-8-6-24-23(16-39-17-38)12-22(14-37-9-7-33-21(37)4)13-25(24)26-15-36(5)35-28(26)29(30,31)32/h7,9-13,15,20H,6,8,14,16-17H2,1-5H3/t20-/m1/s1. The van der Waals surface area contributed by atoms with Gasteiger partial charge in [0.2, 0.25) is 0 Å². The largest absolute Gasteiger partial charge is 0.435 e. The number of benzene rings is 1. The van der Waals surface area contributed by atoms with Crippen LogP contribution in [0, 0.1) is 20.8 Å². The van der Waals surface area contributed by atoms with Crippen molar-refractivity contribution in [1.29, 1.82) is 0 Å². The van der Waals surface area contributed by atoms with Crippen molar-refractivity contribution >= 4 is 0 Å². The number of halogens is 3. The molecule has 4 aromatic rings. The van der Waals surface area contributed by atoms with E-state index in [1.165, 1.54) is 17.9 Å². The highest BCUT2D eigenvalue weighted by Gasteiger charge is 2.38. The van der Waals surface area contributed by atoms with Crippen molar-refractivity contribution in [2.75, 3.05) is 13.3 Å². The number of pyridine rings is 1. The summed E-state index contributed by atoms with van der Waals surface area (Å²) in [5.74, 6) is 0.835. The van der Waals surface area contributed by atoms with Gasteiger partial charge in [0.15, 0.2) is 5.69 Å². The highest BCUT2D eigenvalue weighted by Crippen LogP contribution is 2.39. The molecule has 0 saturated carbocycles. The van der Waals surface area contributed by atoms with Crippen LogP contribution < -0.4 is 0 Å². The number of aryl methyl sites for hydroxylation is 4. The maximum Gasteiger partial charge on any atom is 0.435 e. The minimum absolute atomic E-state index is 0.0128. The smallest absolute Gasteiger partial charge is 0.361 e. The van der Waals surface area contributed by atoms with E-state index in [0.717, 1.165) is 39.5 Å². The van der Waals surface area contributed by atoms with Crippen LogP contribution in [0.3, 0.4) is 0 Å². The summed E-state index contributed by atoms with van der Waals surface area (Å²) in [4.78, 5) is 11.2. The van der Waals surface area contributed by atoms with E-state index in [2.05, 4.69) is 28.0 Å². The first kappa shape index (κ1) is 27.1. The summed E-state index contributed by atoms with van der Waals surface area (Å²) in [7, 11) is 1.52. The zero-order valence-electron chi connectivity index (χ0n) is 22.9. The molecular weight excluding hydrogens is 505 g/mol. The van der Waals surface area contributed by atoms with E-state index in [-0.39, 0.29) is 11.6 Å². The van der Waals surface area contributed by atoms with Crippen molar-refractivity contribution in [3.8, 4) is 11.1 Å². The van der Waals surface area contributed by atoms with Crippen LogP contribution in [0.1, 0.15) is 58.1 Å². The van der Waals surface area contributed by atoms with E-state index in [0.29, 0.717) is 38.4 Å². The second-order valence-electron chi connectivity index (χ2n) is 10.4. The van der Waals surface area contributed by atoms with Crippen LogP contribution in [0.2, 0.25) is 0 Å². The lowest BCUT2D eigenvalue weighted by molar-refractivity contribution is -0.140. The molecule has 10 heteroatoms. The van der Waals surface area contributed by atoms with Gasteiger partial charge in [-0.05, 0) is 80.1 Å². The Hall–Kier alpha value is -3.50. The summed E-state index contributed by atoms with van der Waals surface area (Å²) in [5, 5.41) is 3.79. The normalized spacial score (nSPS) is 15.6. The van der Waals surface area contributed by atoms with E-state index in [9.17, 15) is 13.2 Å². The van der Waals surface area contributed by atoms with Gasteiger partial charge in [-0.25, -0.2) is 4.98 Å². The minimum Gasteiger partial charge on any atom is -0.361 e. The minimum atomic E-state index is -4.58. The number of fused-ring (bicyclic) bond motifs is 1. The van der Waals surface area contributed by atoms with Crippen LogP contribution in [0.25, 0.3) is 11.1 Å². The van der Waals surface area contributed by atoms with Gasteiger partial charge in [-0.2, -0.15) is 18.3 Å². The van der Waals surface area contributed by atoms with Gasteiger partial charge >= 0.3 is 6.18 Å². The predicted octanol–water partition coefficient (Wildman–Crippen LogP) is 5.76. The number of hydrogen-bond acceptors (Lipinski definition) is 5. The molecular formula is C29H33F3N6O. The Balaban J connectivity index is 1.56. The number of rotatable bonds is 5. The lowest BCUT2D eigenvalue weighted by Gasteiger charge is -2.32. The topological polar surface area (TPSA) is 61.0 Å². The zero-order valence-corrected chi connectivity index (χ0v) is 22.9. The molecule has 39 heavy (non-hydrogen) atoms. The first-order valence-corrected chi connectivity index (χ1v) is 13.0. The maximum absolute atomic E-state index is 14.1. The van der Waals surface area contributed by atoms with Gasteiger partial charge in [0, 0.05) is 50.0 Å². The molecule has 7 nitrogen and oxygen atoms in total. The quantitative estimate of drug-likeness (QED) is 0.323. The molecule has 206 valence electrons. The Kier molecular flexibility index (Phi) is 7.35. The number of aromatic nitrogens is 5. The van der Waals surface area contributed by atoms with E-state index in [4.69, 9.17) is 9.72 Å². The Labute approximate surface area is 226 Å². The Bertz CT molecular complexity index is 1470. The van der Waals surface area contributed by atoms with E-state index >= 15 is 0 Å². The van der Waals surface area contributed by atoms with Crippen LogP contribution >= 0.6 is 0 Å². The van der Waals surface area contributed by atoms with Crippen molar-refractivity contribution < 1.29 is 17.9 Å². The van der Waals surface area contributed by atoms with Crippen LogP contribution in [-0.2, 0) is 37.5 Å². The van der Waals surface area contributed by atoms with Crippen molar-refractivity contribution in [2.24, 2.45) is 7.05 Å². The molecule has 0 saturated heterocycles. The van der Waals surface area contributed by atoms with E-state index in [1.807, 2.05) is 49.7 Å². The summed E-state index contributed by atoms with van der Waals surface area (Å²) in [5.41, 5.74) is 5.43. The zero-order chi connectivity index (χ0) is 27.9. The summed E-state index contributed by atoms with van der Waals surface area (Å²) < 4.78 is 51.6. The van der Waals surface area contributed by atoms with Crippen molar-refractivity contribution in [3.05, 3.63) is 88.0 Å².